The number of amides is 1. The normalized spacial score (nSPS) is 19.7. The van der Waals surface area contributed by atoms with E-state index in [0.29, 0.717) is 11.4 Å². The van der Waals surface area contributed by atoms with Crippen LogP contribution in [0.3, 0.4) is 0 Å². The largest absolute Gasteiger partial charge is 0.392 e. The maximum atomic E-state index is 13.2. The van der Waals surface area contributed by atoms with E-state index >= 15 is 0 Å². The average Bonchev–Trinajstić information content (AvgIpc) is 3.32. The van der Waals surface area contributed by atoms with E-state index in [-0.39, 0.29) is 18.7 Å². The smallest absolute Gasteiger partial charge is 0.313 e. The van der Waals surface area contributed by atoms with Gasteiger partial charge in [-0.15, -0.1) is 22.7 Å². The lowest BCUT2D eigenvalue weighted by atomic mass is 9.87. The number of alkyl halides is 3. The van der Waals surface area contributed by atoms with Gasteiger partial charge in [-0.3, -0.25) is 4.79 Å². The van der Waals surface area contributed by atoms with Crippen molar-refractivity contribution in [1.29, 1.82) is 0 Å². The van der Waals surface area contributed by atoms with Crippen LogP contribution in [0.4, 0.5) is 18.2 Å². The second-order valence-electron chi connectivity index (χ2n) is 7.06. The summed E-state index contributed by atoms with van der Waals surface area (Å²) < 4.78 is 39.6. The molecule has 0 saturated heterocycles. The van der Waals surface area contributed by atoms with Crippen LogP contribution in [-0.2, 0) is 17.6 Å². The average molecular weight is 413 g/mol. The van der Waals surface area contributed by atoms with E-state index in [2.05, 4.69) is 10.3 Å². The van der Waals surface area contributed by atoms with Gasteiger partial charge in [-0.05, 0) is 51.0 Å². The van der Waals surface area contributed by atoms with Crippen LogP contribution >= 0.6 is 22.7 Å². The Labute approximate surface area is 163 Å². The first kappa shape index (κ1) is 18.7. The van der Waals surface area contributed by atoms with Crippen LogP contribution in [0, 0.1) is 12.8 Å². The fourth-order valence-corrected chi connectivity index (χ4v) is 5.97. The van der Waals surface area contributed by atoms with Crippen LogP contribution in [0.15, 0.2) is 17.0 Å². The minimum atomic E-state index is -4.18. The summed E-state index contributed by atoms with van der Waals surface area (Å²) in [6, 6.07) is 0. The molecule has 1 N–H and O–H groups in total. The molecule has 1 unspecified atom stereocenters. The van der Waals surface area contributed by atoms with Crippen LogP contribution < -0.4 is 5.32 Å². The van der Waals surface area contributed by atoms with Crippen molar-refractivity contribution in [2.45, 2.75) is 51.6 Å². The highest BCUT2D eigenvalue weighted by molar-refractivity contribution is 7.18. The number of thiazole rings is 1. The van der Waals surface area contributed by atoms with Gasteiger partial charge >= 0.3 is 6.18 Å². The Balaban J connectivity index is 1.71. The molecular formula is C19H19F3N2OS2. The van der Waals surface area contributed by atoms with Gasteiger partial charge in [-0.2, -0.15) is 13.2 Å². The lowest BCUT2D eigenvalue weighted by molar-refractivity contribution is -0.176. The number of aromatic nitrogens is 1. The molecule has 4 rings (SSSR count). The number of nitrogens with zero attached hydrogens (tertiary/aromatic N) is 1. The number of anilines is 1. The summed E-state index contributed by atoms with van der Waals surface area (Å²) in [5.74, 6) is -1.45. The van der Waals surface area contributed by atoms with Gasteiger partial charge in [0.2, 0.25) is 0 Å². The van der Waals surface area contributed by atoms with Crippen LogP contribution in [0.25, 0.3) is 10.6 Å². The van der Waals surface area contributed by atoms with Crippen molar-refractivity contribution in [3.05, 3.63) is 33.2 Å². The molecule has 144 valence electrons. The zero-order chi connectivity index (χ0) is 19.2. The van der Waals surface area contributed by atoms with E-state index in [0.717, 1.165) is 51.5 Å². The predicted molar refractivity (Wildman–Crippen MR) is 102 cm³/mol. The van der Waals surface area contributed by atoms with Gasteiger partial charge in [0.25, 0.3) is 5.91 Å². The molecule has 3 nitrogen and oxygen atoms in total. The third-order valence-corrected chi connectivity index (χ3v) is 7.27. The minimum absolute atomic E-state index is 0.0145. The highest BCUT2D eigenvalue weighted by Gasteiger charge is 2.42. The molecule has 2 aliphatic carbocycles. The zero-order valence-electron chi connectivity index (χ0n) is 14.8. The summed E-state index contributed by atoms with van der Waals surface area (Å²) in [6.07, 6.45) is 0.808. The first-order chi connectivity index (χ1) is 12.8. The molecule has 2 aromatic heterocycles. The van der Waals surface area contributed by atoms with Gasteiger partial charge < -0.3 is 5.32 Å². The van der Waals surface area contributed by atoms with Gasteiger partial charge in [-0.1, -0.05) is 6.08 Å². The number of halogens is 3. The summed E-state index contributed by atoms with van der Waals surface area (Å²) in [5.41, 5.74) is 3.37. The van der Waals surface area contributed by atoms with Gasteiger partial charge in [-0.25, -0.2) is 4.98 Å². The molecule has 0 radical (unpaired) electrons. The molecule has 0 aromatic carbocycles. The van der Waals surface area contributed by atoms with Gasteiger partial charge in [0, 0.05) is 27.1 Å². The molecule has 27 heavy (non-hydrogen) atoms. The van der Waals surface area contributed by atoms with Gasteiger partial charge in [0.05, 0.1) is 5.92 Å². The van der Waals surface area contributed by atoms with Crippen LogP contribution in [0.2, 0.25) is 0 Å². The summed E-state index contributed by atoms with van der Waals surface area (Å²) in [6.45, 7) is 1.89. The van der Waals surface area contributed by atoms with Crippen molar-refractivity contribution in [3.63, 3.8) is 0 Å². The SMILES string of the molecule is Cc1csc(-c2c(NC(=O)C3=CCCC3)sc3c2CCC(C(F)(F)F)C3)n1. The van der Waals surface area contributed by atoms with E-state index in [9.17, 15) is 18.0 Å². The van der Waals surface area contributed by atoms with Crippen molar-refractivity contribution >= 4 is 33.6 Å². The van der Waals surface area contributed by atoms with Gasteiger partial charge in [0.15, 0.2) is 0 Å². The summed E-state index contributed by atoms with van der Waals surface area (Å²) in [5, 5.41) is 6.29. The highest BCUT2D eigenvalue weighted by Crippen LogP contribution is 2.48. The Morgan fingerprint density at radius 3 is 2.78 bits per heavy atom. The number of hydrogen-bond donors (Lipinski definition) is 1. The third-order valence-electron chi connectivity index (χ3n) is 5.12. The number of aryl methyl sites for hydroxylation is 1. The summed E-state index contributed by atoms with van der Waals surface area (Å²) in [7, 11) is 0. The molecule has 0 saturated carbocycles. The Bertz CT molecular complexity index is 911. The lowest BCUT2D eigenvalue weighted by Crippen LogP contribution is -2.28. The lowest BCUT2D eigenvalue weighted by Gasteiger charge is -2.24. The van der Waals surface area contributed by atoms with Crippen molar-refractivity contribution in [3.8, 4) is 10.6 Å². The van der Waals surface area contributed by atoms with Crippen LogP contribution in [0.1, 0.15) is 41.8 Å². The molecule has 2 aliphatic rings. The molecule has 0 bridgehead atoms. The topological polar surface area (TPSA) is 42.0 Å². The number of hydrogen-bond acceptors (Lipinski definition) is 4. The van der Waals surface area contributed by atoms with E-state index in [1.807, 2.05) is 18.4 Å². The zero-order valence-corrected chi connectivity index (χ0v) is 16.4. The van der Waals surface area contributed by atoms with E-state index in [1.54, 1.807) is 0 Å². The molecule has 0 aliphatic heterocycles. The fourth-order valence-electron chi connectivity index (χ4n) is 3.71. The molecule has 1 amide bonds. The number of rotatable bonds is 3. The maximum absolute atomic E-state index is 13.2. The monoisotopic (exact) mass is 412 g/mol. The van der Waals surface area contributed by atoms with E-state index in [1.165, 1.54) is 22.7 Å². The number of thiophene rings is 1. The second-order valence-corrected chi connectivity index (χ2v) is 9.02. The molecule has 0 fully saturated rings. The number of carbonyl (C=O) groups is 1. The maximum Gasteiger partial charge on any atom is 0.392 e. The van der Waals surface area contributed by atoms with Crippen LogP contribution in [0.5, 0.6) is 0 Å². The molecule has 1 atom stereocenters. The Morgan fingerprint density at radius 1 is 1.33 bits per heavy atom. The second kappa shape index (κ2) is 7.05. The molecule has 0 spiro atoms. The van der Waals surface area contributed by atoms with Crippen molar-refractivity contribution in [2.24, 2.45) is 5.92 Å². The van der Waals surface area contributed by atoms with Crippen molar-refractivity contribution in [2.75, 3.05) is 5.32 Å². The van der Waals surface area contributed by atoms with E-state index in [4.69, 9.17) is 0 Å². The van der Waals surface area contributed by atoms with Crippen molar-refractivity contribution in [1.82, 2.24) is 4.98 Å². The molecule has 8 heteroatoms. The van der Waals surface area contributed by atoms with E-state index < -0.39 is 12.1 Å². The standard InChI is InChI=1S/C19H19F3N2OS2/c1-10-9-26-17(23-10)15-13-7-6-12(19(20,21)22)8-14(13)27-18(15)24-16(25)11-4-2-3-5-11/h4,9,12H,2-3,5-8H2,1H3,(H,24,25). The number of nitrogens with one attached hydrogen (secondary N) is 1. The third kappa shape index (κ3) is 3.69. The quantitative estimate of drug-likeness (QED) is 0.682. The highest BCUT2D eigenvalue weighted by atomic mass is 32.1. The van der Waals surface area contributed by atoms with Crippen molar-refractivity contribution < 1.29 is 18.0 Å². The number of carbonyl (C=O) groups excluding carboxylic acids is 1. The van der Waals surface area contributed by atoms with Crippen LogP contribution in [-0.4, -0.2) is 17.1 Å². The number of fused-ring (bicyclic) bond motifs is 1. The van der Waals surface area contributed by atoms with Gasteiger partial charge in [0.1, 0.15) is 10.0 Å². The summed E-state index contributed by atoms with van der Waals surface area (Å²) in [4.78, 5) is 17.8. The summed E-state index contributed by atoms with van der Waals surface area (Å²) >= 11 is 2.75. The first-order valence-electron chi connectivity index (χ1n) is 8.97. The fraction of sp³-hybridized carbons (Fsp3) is 0.474. The number of allylic oxidation sites excluding steroid dienone is 1. The minimum Gasteiger partial charge on any atom is -0.313 e. The molecule has 2 aromatic rings. The Kier molecular flexibility index (Phi) is 4.88. The first-order valence-corrected chi connectivity index (χ1v) is 10.7. The molecular weight excluding hydrogens is 393 g/mol. The Hall–Kier alpha value is -1.67. The Morgan fingerprint density at radius 2 is 2.15 bits per heavy atom. The predicted octanol–water partition coefficient (Wildman–Crippen LogP) is 5.90. The molecule has 2 heterocycles.